The van der Waals surface area contributed by atoms with E-state index in [2.05, 4.69) is 17.2 Å². The maximum Gasteiger partial charge on any atom is 0.217 e. The quantitative estimate of drug-likeness (QED) is 0.598. The lowest BCUT2D eigenvalue weighted by Gasteiger charge is -1.95. The van der Waals surface area contributed by atoms with Crippen molar-refractivity contribution in [1.82, 2.24) is 5.32 Å². The average molecular weight is 219 g/mol. The first-order valence-corrected chi connectivity index (χ1v) is 4.61. The van der Waals surface area contributed by atoms with Crippen LogP contribution in [0.2, 0.25) is 0 Å². The lowest BCUT2D eigenvalue weighted by molar-refractivity contribution is -0.118. The Balaban J connectivity index is 2.71. The summed E-state index contributed by atoms with van der Waals surface area (Å²) < 4.78 is 13.1. The third-order valence-corrected chi connectivity index (χ3v) is 1.79. The van der Waals surface area contributed by atoms with E-state index in [1.165, 1.54) is 19.1 Å². The molecule has 4 heteroatoms. The van der Waals surface area contributed by atoms with E-state index in [9.17, 15) is 14.0 Å². The van der Waals surface area contributed by atoms with Gasteiger partial charge in [0.2, 0.25) is 5.91 Å². The highest BCUT2D eigenvalue weighted by atomic mass is 19.1. The summed E-state index contributed by atoms with van der Waals surface area (Å²) in [6.07, 6.45) is 0.448. The topological polar surface area (TPSA) is 46.2 Å². The molecule has 0 atom stereocenters. The van der Waals surface area contributed by atoms with E-state index in [1.54, 1.807) is 6.07 Å². The molecule has 1 N–H and O–H groups in total. The first-order chi connectivity index (χ1) is 7.63. The van der Waals surface area contributed by atoms with Crippen molar-refractivity contribution in [2.75, 3.05) is 6.54 Å². The van der Waals surface area contributed by atoms with Crippen molar-refractivity contribution >= 4 is 12.2 Å². The summed E-state index contributed by atoms with van der Waals surface area (Å²) in [5.41, 5.74) is 0.473. The van der Waals surface area contributed by atoms with Gasteiger partial charge in [-0.3, -0.25) is 9.59 Å². The molecule has 0 fully saturated rings. The molecule has 0 aliphatic rings. The fraction of sp³-hybridized carbons (Fsp3) is 0.167. The number of carbonyl (C=O) groups excluding carboxylic acids is 2. The van der Waals surface area contributed by atoms with Crippen LogP contribution in [0.25, 0.3) is 0 Å². The van der Waals surface area contributed by atoms with E-state index in [0.29, 0.717) is 11.8 Å². The van der Waals surface area contributed by atoms with Crippen LogP contribution in [0, 0.1) is 17.7 Å². The first kappa shape index (κ1) is 11.9. The fourth-order valence-electron chi connectivity index (χ4n) is 1.02. The predicted octanol–water partition coefficient (Wildman–Crippen LogP) is 1.13. The van der Waals surface area contributed by atoms with Crippen LogP contribution >= 0.6 is 0 Å². The summed E-state index contributed by atoms with van der Waals surface area (Å²) in [5, 5.41) is 2.49. The number of aldehydes is 1. The molecular weight excluding hydrogens is 209 g/mol. The molecule has 0 aliphatic carbocycles. The van der Waals surface area contributed by atoms with Crippen molar-refractivity contribution in [3.8, 4) is 11.8 Å². The monoisotopic (exact) mass is 219 g/mol. The number of nitrogens with one attached hydrogen (secondary N) is 1. The second-order valence-corrected chi connectivity index (χ2v) is 3.07. The van der Waals surface area contributed by atoms with Gasteiger partial charge in [0.05, 0.1) is 12.1 Å². The van der Waals surface area contributed by atoms with Crippen LogP contribution in [-0.4, -0.2) is 18.7 Å². The van der Waals surface area contributed by atoms with Crippen LogP contribution in [0.4, 0.5) is 4.39 Å². The third-order valence-electron chi connectivity index (χ3n) is 1.79. The molecule has 0 aromatic heterocycles. The van der Waals surface area contributed by atoms with E-state index in [4.69, 9.17) is 0 Å². The number of hydrogen-bond acceptors (Lipinski definition) is 2. The van der Waals surface area contributed by atoms with Crippen molar-refractivity contribution in [3.05, 3.63) is 35.1 Å². The van der Waals surface area contributed by atoms with E-state index < -0.39 is 5.82 Å². The van der Waals surface area contributed by atoms with E-state index in [0.717, 1.165) is 0 Å². The molecule has 82 valence electrons. The second kappa shape index (κ2) is 5.66. The largest absolute Gasteiger partial charge is 0.345 e. The molecular formula is C12H10FNO2. The number of benzene rings is 1. The van der Waals surface area contributed by atoms with Crippen LogP contribution in [-0.2, 0) is 4.79 Å². The maximum absolute atomic E-state index is 13.1. The highest BCUT2D eigenvalue weighted by Crippen LogP contribution is 2.07. The molecule has 0 unspecified atom stereocenters. The zero-order valence-electron chi connectivity index (χ0n) is 8.71. The van der Waals surface area contributed by atoms with Crippen LogP contribution in [0.15, 0.2) is 18.2 Å². The minimum atomic E-state index is -0.596. The third kappa shape index (κ3) is 3.54. The van der Waals surface area contributed by atoms with Crippen LogP contribution < -0.4 is 5.32 Å². The summed E-state index contributed by atoms with van der Waals surface area (Å²) in [6.45, 7) is 1.60. The molecule has 0 saturated carbocycles. The highest BCUT2D eigenvalue weighted by molar-refractivity contribution is 5.75. The Bertz CT molecular complexity index is 472. The minimum Gasteiger partial charge on any atom is -0.345 e. The van der Waals surface area contributed by atoms with Gasteiger partial charge in [-0.2, -0.15) is 0 Å². The molecule has 0 radical (unpaired) electrons. The van der Waals surface area contributed by atoms with Crippen LogP contribution in [0.3, 0.4) is 0 Å². The molecule has 1 rings (SSSR count). The molecule has 0 bridgehead atoms. The van der Waals surface area contributed by atoms with E-state index in [1.807, 2.05) is 0 Å². The van der Waals surface area contributed by atoms with Gasteiger partial charge in [0.1, 0.15) is 5.82 Å². The Hall–Kier alpha value is -2.15. The van der Waals surface area contributed by atoms with Gasteiger partial charge in [-0.25, -0.2) is 4.39 Å². The molecule has 0 spiro atoms. The predicted molar refractivity (Wildman–Crippen MR) is 57.3 cm³/mol. The summed E-state index contributed by atoms with van der Waals surface area (Å²) in [6, 6.07) is 4.10. The molecule has 0 heterocycles. The van der Waals surface area contributed by atoms with Gasteiger partial charge in [0, 0.05) is 12.5 Å². The Morgan fingerprint density at radius 3 is 2.88 bits per heavy atom. The van der Waals surface area contributed by atoms with Gasteiger partial charge >= 0.3 is 0 Å². The first-order valence-electron chi connectivity index (χ1n) is 4.61. The molecule has 0 aliphatic heterocycles. The van der Waals surface area contributed by atoms with Gasteiger partial charge in [-0.15, -0.1) is 0 Å². The highest BCUT2D eigenvalue weighted by Gasteiger charge is 1.99. The Kier molecular flexibility index (Phi) is 4.22. The second-order valence-electron chi connectivity index (χ2n) is 3.07. The summed E-state index contributed by atoms with van der Waals surface area (Å²) >= 11 is 0. The zero-order chi connectivity index (χ0) is 12.0. The van der Waals surface area contributed by atoms with Gasteiger partial charge in [0.25, 0.3) is 0 Å². The molecule has 16 heavy (non-hydrogen) atoms. The number of halogens is 1. The SMILES string of the molecule is CC(=O)NCC#Cc1ccc(C=O)c(F)c1. The van der Waals surface area contributed by atoms with Gasteiger partial charge in [-0.05, 0) is 18.2 Å². The number of amides is 1. The Labute approximate surface area is 92.7 Å². The summed E-state index contributed by atoms with van der Waals surface area (Å²) in [4.78, 5) is 20.9. The van der Waals surface area contributed by atoms with Crippen molar-refractivity contribution in [2.45, 2.75) is 6.92 Å². The Morgan fingerprint density at radius 1 is 1.56 bits per heavy atom. The summed E-state index contributed by atoms with van der Waals surface area (Å²) in [5.74, 6) is 4.57. The van der Waals surface area contributed by atoms with Crippen LogP contribution in [0.1, 0.15) is 22.8 Å². The lowest BCUT2D eigenvalue weighted by Crippen LogP contribution is -2.19. The molecule has 1 aromatic rings. The lowest BCUT2D eigenvalue weighted by atomic mass is 10.1. The number of carbonyl (C=O) groups is 2. The van der Waals surface area contributed by atoms with Gasteiger partial charge < -0.3 is 5.32 Å². The normalized spacial score (nSPS) is 8.88. The molecule has 3 nitrogen and oxygen atoms in total. The fourth-order valence-corrected chi connectivity index (χ4v) is 1.02. The standard InChI is InChI=1S/C12H10FNO2/c1-9(16)14-6-2-3-10-4-5-11(8-15)12(13)7-10/h4-5,7-8H,6H2,1H3,(H,14,16). The smallest absolute Gasteiger partial charge is 0.217 e. The summed E-state index contributed by atoms with van der Waals surface area (Å²) in [7, 11) is 0. The number of hydrogen-bond donors (Lipinski definition) is 1. The Morgan fingerprint density at radius 2 is 2.31 bits per heavy atom. The zero-order valence-corrected chi connectivity index (χ0v) is 8.71. The van der Waals surface area contributed by atoms with Crippen molar-refractivity contribution in [3.63, 3.8) is 0 Å². The van der Waals surface area contributed by atoms with Crippen molar-refractivity contribution in [1.29, 1.82) is 0 Å². The van der Waals surface area contributed by atoms with Crippen molar-refractivity contribution in [2.24, 2.45) is 0 Å². The van der Waals surface area contributed by atoms with Gasteiger partial charge in [-0.1, -0.05) is 11.8 Å². The minimum absolute atomic E-state index is 0.00686. The van der Waals surface area contributed by atoms with E-state index in [-0.39, 0.29) is 18.0 Å². The average Bonchev–Trinajstić information content (AvgIpc) is 2.24. The number of rotatable bonds is 2. The van der Waals surface area contributed by atoms with E-state index >= 15 is 0 Å². The van der Waals surface area contributed by atoms with Crippen LogP contribution in [0.5, 0.6) is 0 Å². The van der Waals surface area contributed by atoms with Gasteiger partial charge in [0.15, 0.2) is 6.29 Å². The van der Waals surface area contributed by atoms with Crippen molar-refractivity contribution < 1.29 is 14.0 Å². The maximum atomic E-state index is 13.1. The molecule has 1 aromatic carbocycles. The molecule has 1 amide bonds. The molecule has 0 saturated heterocycles.